The van der Waals surface area contributed by atoms with Crippen LogP contribution in [0.15, 0.2) is 64.5 Å². The van der Waals surface area contributed by atoms with Crippen LogP contribution in [-0.4, -0.2) is 9.55 Å². The zero-order valence-corrected chi connectivity index (χ0v) is 19.3. The van der Waals surface area contributed by atoms with Crippen molar-refractivity contribution >= 4 is 33.3 Å². The van der Waals surface area contributed by atoms with Gasteiger partial charge < -0.3 is 0 Å². The summed E-state index contributed by atoms with van der Waals surface area (Å²) in [7, 11) is 0. The molecule has 0 atom stereocenters. The van der Waals surface area contributed by atoms with Gasteiger partial charge in [-0.15, -0.1) is 11.3 Å². The summed E-state index contributed by atoms with van der Waals surface area (Å²) in [6.45, 7) is 0.617. The molecule has 160 valence electrons. The van der Waals surface area contributed by atoms with Crippen LogP contribution in [0.25, 0.3) is 10.2 Å². The smallest absolute Gasteiger partial charge is 0.263 e. The Morgan fingerprint density at radius 3 is 2.59 bits per heavy atom. The number of nitriles is 1. The Labute approximate surface area is 195 Å². The van der Waals surface area contributed by atoms with Crippen LogP contribution in [0.4, 0.5) is 0 Å². The van der Waals surface area contributed by atoms with E-state index in [1.807, 2.05) is 47.0 Å². The first kappa shape index (κ1) is 21.0. The number of aromatic nitrogens is 2. The molecule has 2 aromatic carbocycles. The number of hydrogen-bond donors (Lipinski definition) is 0. The lowest BCUT2D eigenvalue weighted by Crippen LogP contribution is -2.24. The Balaban J connectivity index is 1.51. The SMILES string of the molecule is N#Cc1ccc(CSc2nc3sc4c(c3c(=O)n2CCc2ccccc2)CCCC4)cc1. The van der Waals surface area contributed by atoms with Crippen molar-refractivity contribution in [2.75, 3.05) is 0 Å². The number of aryl methyl sites for hydroxylation is 3. The van der Waals surface area contributed by atoms with E-state index in [2.05, 4.69) is 18.2 Å². The van der Waals surface area contributed by atoms with Crippen molar-refractivity contribution < 1.29 is 0 Å². The van der Waals surface area contributed by atoms with E-state index in [-0.39, 0.29) is 5.56 Å². The molecule has 1 aliphatic rings. The van der Waals surface area contributed by atoms with E-state index < -0.39 is 0 Å². The minimum Gasteiger partial charge on any atom is -0.287 e. The van der Waals surface area contributed by atoms with Gasteiger partial charge in [0.25, 0.3) is 5.56 Å². The zero-order chi connectivity index (χ0) is 21.9. The van der Waals surface area contributed by atoms with Crippen LogP contribution in [0.2, 0.25) is 0 Å². The lowest BCUT2D eigenvalue weighted by molar-refractivity contribution is 0.595. The highest BCUT2D eigenvalue weighted by Gasteiger charge is 2.22. The van der Waals surface area contributed by atoms with Gasteiger partial charge in [0.2, 0.25) is 0 Å². The van der Waals surface area contributed by atoms with Crippen molar-refractivity contribution in [3.05, 3.63) is 92.1 Å². The van der Waals surface area contributed by atoms with Gasteiger partial charge in [0, 0.05) is 17.2 Å². The van der Waals surface area contributed by atoms with Crippen LogP contribution in [0.3, 0.4) is 0 Å². The Kier molecular flexibility index (Phi) is 6.11. The minimum absolute atomic E-state index is 0.104. The maximum atomic E-state index is 13.7. The van der Waals surface area contributed by atoms with Crippen molar-refractivity contribution in [3.8, 4) is 6.07 Å². The standard InChI is InChI=1S/C26H23N3OS2/c27-16-19-10-12-20(13-11-19)17-31-26-28-24-23(21-8-4-5-9-22(21)32-24)25(30)29(26)15-14-18-6-2-1-3-7-18/h1-3,6-7,10-13H,4-5,8-9,14-15,17H2. The number of thioether (sulfide) groups is 1. The molecule has 0 radical (unpaired) electrons. The van der Waals surface area contributed by atoms with Gasteiger partial charge in [0.05, 0.1) is 17.0 Å². The fraction of sp³-hybridized carbons (Fsp3) is 0.269. The molecule has 0 saturated heterocycles. The highest BCUT2D eigenvalue weighted by atomic mass is 32.2. The molecular weight excluding hydrogens is 434 g/mol. The third-order valence-corrected chi connectivity index (χ3v) is 8.19. The molecule has 0 aliphatic heterocycles. The molecule has 0 spiro atoms. The van der Waals surface area contributed by atoms with Gasteiger partial charge in [-0.1, -0.05) is 54.2 Å². The maximum absolute atomic E-state index is 13.7. The Hall–Kier alpha value is -2.88. The molecule has 2 aromatic heterocycles. The van der Waals surface area contributed by atoms with Crippen molar-refractivity contribution in [1.29, 1.82) is 5.26 Å². The monoisotopic (exact) mass is 457 g/mol. The Morgan fingerprint density at radius 1 is 1.03 bits per heavy atom. The fourth-order valence-electron chi connectivity index (χ4n) is 4.24. The first-order valence-electron chi connectivity index (χ1n) is 10.9. The van der Waals surface area contributed by atoms with Gasteiger partial charge in [-0.2, -0.15) is 5.26 Å². The molecule has 4 aromatic rings. The van der Waals surface area contributed by atoms with Gasteiger partial charge in [-0.25, -0.2) is 4.98 Å². The molecule has 2 heterocycles. The molecule has 1 aliphatic carbocycles. The number of nitrogens with zero attached hydrogens (tertiary/aromatic N) is 3. The van der Waals surface area contributed by atoms with Crippen LogP contribution < -0.4 is 5.56 Å². The van der Waals surface area contributed by atoms with E-state index in [1.165, 1.54) is 22.4 Å². The molecule has 0 bridgehead atoms. The van der Waals surface area contributed by atoms with E-state index >= 15 is 0 Å². The van der Waals surface area contributed by atoms with Gasteiger partial charge >= 0.3 is 0 Å². The first-order valence-corrected chi connectivity index (χ1v) is 12.7. The van der Waals surface area contributed by atoms with Crippen molar-refractivity contribution in [2.45, 2.75) is 49.6 Å². The van der Waals surface area contributed by atoms with E-state index in [4.69, 9.17) is 10.2 Å². The quantitative estimate of drug-likeness (QED) is 0.273. The van der Waals surface area contributed by atoms with E-state index in [0.29, 0.717) is 17.9 Å². The normalized spacial score (nSPS) is 13.1. The maximum Gasteiger partial charge on any atom is 0.263 e. The summed E-state index contributed by atoms with van der Waals surface area (Å²) in [6, 6.07) is 20.1. The molecule has 4 nitrogen and oxygen atoms in total. The summed E-state index contributed by atoms with van der Waals surface area (Å²) in [5.41, 5.74) is 4.33. The molecular formula is C26H23N3OS2. The molecule has 0 fully saturated rings. The summed E-state index contributed by atoms with van der Waals surface area (Å²) < 4.78 is 1.88. The summed E-state index contributed by atoms with van der Waals surface area (Å²) in [4.78, 5) is 20.9. The van der Waals surface area contributed by atoms with E-state index in [9.17, 15) is 4.79 Å². The predicted molar refractivity (Wildman–Crippen MR) is 131 cm³/mol. The number of hydrogen-bond acceptors (Lipinski definition) is 5. The highest BCUT2D eigenvalue weighted by molar-refractivity contribution is 7.98. The number of benzene rings is 2. The summed E-state index contributed by atoms with van der Waals surface area (Å²) in [5.74, 6) is 0.708. The molecule has 0 amide bonds. The van der Waals surface area contributed by atoms with Crippen LogP contribution in [0, 0.1) is 11.3 Å². The summed E-state index contributed by atoms with van der Waals surface area (Å²) in [6.07, 6.45) is 5.20. The van der Waals surface area contributed by atoms with E-state index in [1.54, 1.807) is 23.1 Å². The molecule has 0 unspecified atom stereocenters. The second-order valence-electron chi connectivity index (χ2n) is 8.08. The average molecular weight is 458 g/mol. The average Bonchev–Trinajstić information content (AvgIpc) is 3.22. The molecule has 6 heteroatoms. The van der Waals surface area contributed by atoms with Crippen LogP contribution in [0.1, 0.15) is 40.0 Å². The fourth-order valence-corrected chi connectivity index (χ4v) is 6.52. The minimum atomic E-state index is 0.104. The van der Waals surface area contributed by atoms with Gasteiger partial charge in [-0.05, 0) is 60.9 Å². The number of thiophene rings is 1. The lowest BCUT2D eigenvalue weighted by Gasteiger charge is -2.14. The van der Waals surface area contributed by atoms with Gasteiger partial charge in [0.15, 0.2) is 5.16 Å². The highest BCUT2D eigenvalue weighted by Crippen LogP contribution is 2.35. The van der Waals surface area contributed by atoms with Crippen molar-refractivity contribution in [1.82, 2.24) is 9.55 Å². The van der Waals surface area contributed by atoms with Crippen LogP contribution in [0.5, 0.6) is 0 Å². The lowest BCUT2D eigenvalue weighted by atomic mass is 9.97. The summed E-state index contributed by atoms with van der Waals surface area (Å²) >= 11 is 3.30. The molecule has 5 rings (SSSR count). The number of rotatable bonds is 6. The van der Waals surface area contributed by atoms with Crippen LogP contribution >= 0.6 is 23.1 Å². The number of fused-ring (bicyclic) bond motifs is 3. The second-order valence-corrected chi connectivity index (χ2v) is 10.1. The van der Waals surface area contributed by atoms with Crippen molar-refractivity contribution in [2.24, 2.45) is 0 Å². The third kappa shape index (κ3) is 4.23. The molecule has 0 N–H and O–H groups in total. The Morgan fingerprint density at radius 2 is 1.81 bits per heavy atom. The first-order chi connectivity index (χ1) is 15.7. The van der Waals surface area contributed by atoms with Gasteiger partial charge in [0.1, 0.15) is 4.83 Å². The second kappa shape index (κ2) is 9.32. The van der Waals surface area contributed by atoms with Crippen molar-refractivity contribution in [3.63, 3.8) is 0 Å². The summed E-state index contributed by atoms with van der Waals surface area (Å²) in [5, 5.41) is 10.7. The molecule has 0 saturated carbocycles. The van der Waals surface area contributed by atoms with E-state index in [0.717, 1.165) is 46.6 Å². The zero-order valence-electron chi connectivity index (χ0n) is 17.7. The third-order valence-electron chi connectivity index (χ3n) is 5.96. The topological polar surface area (TPSA) is 58.7 Å². The van der Waals surface area contributed by atoms with Crippen LogP contribution in [-0.2, 0) is 31.6 Å². The largest absolute Gasteiger partial charge is 0.287 e. The predicted octanol–water partition coefficient (Wildman–Crippen LogP) is 5.74. The van der Waals surface area contributed by atoms with Gasteiger partial charge in [-0.3, -0.25) is 9.36 Å². The molecule has 32 heavy (non-hydrogen) atoms. The Bertz CT molecular complexity index is 1350.